The van der Waals surface area contributed by atoms with Gasteiger partial charge in [0.1, 0.15) is 5.56 Å². The lowest BCUT2D eigenvalue weighted by Crippen LogP contribution is -2.32. The van der Waals surface area contributed by atoms with E-state index in [4.69, 9.17) is 0 Å². The van der Waals surface area contributed by atoms with Crippen molar-refractivity contribution in [3.05, 3.63) is 56.6 Å². The Balaban J connectivity index is 1.90. The van der Waals surface area contributed by atoms with Crippen LogP contribution in [0.15, 0.2) is 40.0 Å². The van der Waals surface area contributed by atoms with Gasteiger partial charge < -0.3 is 15.0 Å². The number of rotatable bonds is 5. The Morgan fingerprint density at radius 2 is 2.30 bits per heavy atom. The molecule has 0 aliphatic carbocycles. The lowest BCUT2D eigenvalue weighted by Gasteiger charge is -2.10. The number of hydrogen-bond donors (Lipinski definition) is 2. The van der Waals surface area contributed by atoms with E-state index in [0.717, 1.165) is 5.56 Å². The number of aryl methyl sites for hydroxylation is 1. The molecule has 2 N–H and O–H groups in total. The number of nitrogens with one attached hydrogen (secondary N) is 1. The van der Waals surface area contributed by atoms with E-state index in [9.17, 15) is 14.7 Å². The van der Waals surface area contributed by atoms with Gasteiger partial charge in [-0.1, -0.05) is 0 Å². The van der Waals surface area contributed by atoms with Crippen molar-refractivity contribution >= 4 is 17.2 Å². The monoisotopic (exact) mass is 292 g/mol. The van der Waals surface area contributed by atoms with Crippen molar-refractivity contribution in [2.24, 2.45) is 7.05 Å². The van der Waals surface area contributed by atoms with E-state index >= 15 is 0 Å². The molecule has 5 nitrogen and oxygen atoms in total. The van der Waals surface area contributed by atoms with Gasteiger partial charge in [0.25, 0.3) is 11.5 Å². The first kappa shape index (κ1) is 14.5. The maximum absolute atomic E-state index is 11.9. The van der Waals surface area contributed by atoms with Crippen LogP contribution in [0.2, 0.25) is 0 Å². The molecular formula is C14H16N2O3S. The smallest absolute Gasteiger partial charge is 0.263 e. The van der Waals surface area contributed by atoms with E-state index in [1.54, 1.807) is 19.3 Å². The lowest BCUT2D eigenvalue weighted by molar-refractivity contribution is 0.0940. The first-order valence-corrected chi connectivity index (χ1v) is 7.18. The number of pyridine rings is 1. The topological polar surface area (TPSA) is 71.3 Å². The standard InChI is InChI=1S/C14H16N2O3S/c1-16-7-2-3-11(14(16)19)13(18)15-6-4-12(17)10-5-8-20-9-10/h2-3,5,7-9,12,17H,4,6H2,1H3,(H,15,18). The van der Waals surface area contributed by atoms with Gasteiger partial charge in [0.2, 0.25) is 0 Å². The van der Waals surface area contributed by atoms with E-state index in [1.807, 2.05) is 16.8 Å². The molecule has 0 aliphatic rings. The highest BCUT2D eigenvalue weighted by Crippen LogP contribution is 2.18. The molecule has 106 valence electrons. The second-order valence-corrected chi connectivity index (χ2v) is 5.24. The normalized spacial score (nSPS) is 12.1. The van der Waals surface area contributed by atoms with Crippen molar-refractivity contribution in [2.45, 2.75) is 12.5 Å². The minimum Gasteiger partial charge on any atom is -0.388 e. The maximum atomic E-state index is 11.9. The zero-order valence-electron chi connectivity index (χ0n) is 11.1. The van der Waals surface area contributed by atoms with E-state index in [-0.39, 0.29) is 11.1 Å². The van der Waals surface area contributed by atoms with E-state index in [2.05, 4.69) is 5.32 Å². The first-order chi connectivity index (χ1) is 9.59. The summed E-state index contributed by atoms with van der Waals surface area (Å²) in [5, 5.41) is 16.3. The largest absolute Gasteiger partial charge is 0.388 e. The quantitative estimate of drug-likeness (QED) is 0.872. The number of nitrogens with zero attached hydrogens (tertiary/aromatic N) is 1. The van der Waals surface area contributed by atoms with Crippen molar-refractivity contribution in [1.29, 1.82) is 0 Å². The van der Waals surface area contributed by atoms with Crippen LogP contribution in [-0.2, 0) is 7.05 Å². The molecule has 0 radical (unpaired) electrons. The Kier molecular flexibility index (Phi) is 4.70. The molecule has 2 aromatic rings. The zero-order valence-corrected chi connectivity index (χ0v) is 11.9. The van der Waals surface area contributed by atoms with Crippen LogP contribution in [0.5, 0.6) is 0 Å². The van der Waals surface area contributed by atoms with Gasteiger partial charge in [-0.15, -0.1) is 0 Å². The zero-order chi connectivity index (χ0) is 14.5. The number of hydrogen-bond acceptors (Lipinski definition) is 4. The highest BCUT2D eigenvalue weighted by molar-refractivity contribution is 7.07. The predicted octanol–water partition coefficient (Wildman–Crippen LogP) is 1.30. The van der Waals surface area contributed by atoms with Gasteiger partial charge in [0.15, 0.2) is 0 Å². The van der Waals surface area contributed by atoms with Crippen molar-refractivity contribution in [1.82, 2.24) is 9.88 Å². The van der Waals surface area contributed by atoms with Gasteiger partial charge in [-0.05, 0) is 40.9 Å². The number of aliphatic hydroxyl groups excluding tert-OH is 1. The van der Waals surface area contributed by atoms with Crippen LogP contribution in [0, 0.1) is 0 Å². The fraction of sp³-hybridized carbons (Fsp3) is 0.286. The summed E-state index contributed by atoms with van der Waals surface area (Å²) in [6, 6.07) is 4.99. The summed E-state index contributed by atoms with van der Waals surface area (Å²) in [4.78, 5) is 23.6. The number of carbonyl (C=O) groups is 1. The average Bonchev–Trinajstić information content (AvgIpc) is 2.95. The second-order valence-electron chi connectivity index (χ2n) is 4.45. The lowest BCUT2D eigenvalue weighted by atomic mass is 10.1. The molecule has 0 saturated heterocycles. The SMILES string of the molecule is Cn1cccc(C(=O)NCCC(O)c2ccsc2)c1=O. The number of amides is 1. The molecule has 2 aromatic heterocycles. The van der Waals surface area contributed by atoms with E-state index in [0.29, 0.717) is 13.0 Å². The van der Waals surface area contributed by atoms with Gasteiger partial charge in [-0.2, -0.15) is 11.3 Å². The van der Waals surface area contributed by atoms with E-state index < -0.39 is 12.0 Å². The number of aromatic nitrogens is 1. The van der Waals surface area contributed by atoms with E-state index in [1.165, 1.54) is 22.0 Å². The summed E-state index contributed by atoms with van der Waals surface area (Å²) in [5.41, 5.74) is 0.628. The maximum Gasteiger partial charge on any atom is 0.263 e. The van der Waals surface area contributed by atoms with Gasteiger partial charge in [-0.25, -0.2) is 0 Å². The Bertz CT molecular complexity index is 634. The molecule has 2 rings (SSSR count). The fourth-order valence-corrected chi connectivity index (χ4v) is 2.53. The molecule has 0 aromatic carbocycles. The highest BCUT2D eigenvalue weighted by Gasteiger charge is 2.12. The first-order valence-electron chi connectivity index (χ1n) is 6.23. The summed E-state index contributed by atoms with van der Waals surface area (Å²) in [6.45, 7) is 0.313. The van der Waals surface area contributed by atoms with Crippen molar-refractivity contribution in [3.63, 3.8) is 0 Å². The third kappa shape index (κ3) is 3.34. The third-order valence-corrected chi connectivity index (χ3v) is 3.70. The van der Waals surface area contributed by atoms with Crippen LogP contribution in [0.3, 0.4) is 0 Å². The van der Waals surface area contributed by atoms with Crippen molar-refractivity contribution < 1.29 is 9.90 Å². The molecule has 1 amide bonds. The number of thiophene rings is 1. The summed E-state index contributed by atoms with van der Waals surface area (Å²) in [6.07, 6.45) is 1.41. The molecule has 0 fully saturated rings. The summed E-state index contributed by atoms with van der Waals surface area (Å²) in [7, 11) is 1.60. The molecule has 0 bridgehead atoms. The Morgan fingerprint density at radius 1 is 1.50 bits per heavy atom. The number of carbonyl (C=O) groups excluding carboxylic acids is 1. The molecular weight excluding hydrogens is 276 g/mol. The minimum atomic E-state index is -0.597. The van der Waals surface area contributed by atoms with Crippen LogP contribution >= 0.6 is 11.3 Å². The van der Waals surface area contributed by atoms with Crippen LogP contribution < -0.4 is 10.9 Å². The molecule has 0 aliphatic heterocycles. The van der Waals surface area contributed by atoms with Crippen LogP contribution in [0.25, 0.3) is 0 Å². The minimum absolute atomic E-state index is 0.111. The molecule has 2 heterocycles. The van der Waals surface area contributed by atoms with Crippen LogP contribution in [0.4, 0.5) is 0 Å². The fourth-order valence-electron chi connectivity index (χ4n) is 1.82. The summed E-state index contributed by atoms with van der Waals surface area (Å²) in [5.74, 6) is -0.413. The van der Waals surface area contributed by atoms with Crippen molar-refractivity contribution in [2.75, 3.05) is 6.54 Å². The van der Waals surface area contributed by atoms with Crippen LogP contribution in [-0.4, -0.2) is 22.1 Å². The summed E-state index contributed by atoms with van der Waals surface area (Å²) >= 11 is 1.52. The third-order valence-electron chi connectivity index (χ3n) is 3.00. The van der Waals surface area contributed by atoms with Gasteiger partial charge in [0, 0.05) is 19.8 Å². The highest BCUT2D eigenvalue weighted by atomic mass is 32.1. The predicted molar refractivity (Wildman–Crippen MR) is 77.9 cm³/mol. The van der Waals surface area contributed by atoms with Gasteiger partial charge in [0.05, 0.1) is 6.10 Å². The Morgan fingerprint density at radius 3 is 3.00 bits per heavy atom. The molecule has 0 spiro atoms. The molecule has 0 saturated carbocycles. The Hall–Kier alpha value is -1.92. The second kappa shape index (κ2) is 6.49. The summed E-state index contributed by atoms with van der Waals surface area (Å²) < 4.78 is 1.36. The molecule has 1 unspecified atom stereocenters. The van der Waals surface area contributed by atoms with Crippen LogP contribution in [0.1, 0.15) is 28.4 Å². The Labute approximate surface area is 120 Å². The van der Waals surface area contributed by atoms with Gasteiger partial charge >= 0.3 is 0 Å². The van der Waals surface area contributed by atoms with Crippen molar-refractivity contribution in [3.8, 4) is 0 Å². The average molecular weight is 292 g/mol. The number of aliphatic hydroxyl groups is 1. The van der Waals surface area contributed by atoms with Gasteiger partial charge in [-0.3, -0.25) is 9.59 Å². The molecule has 20 heavy (non-hydrogen) atoms. The molecule has 6 heteroatoms. The molecule has 1 atom stereocenters.